The first-order valence-corrected chi connectivity index (χ1v) is 20.6. The molecular weight excluding hydrogens is 621 g/mol. The predicted octanol–water partition coefficient (Wildman–Crippen LogP) is 9.64. The average Bonchev–Trinajstić information content (AvgIpc) is 3.04. The van der Waals surface area contributed by atoms with Gasteiger partial charge in [0.1, 0.15) is 12.1 Å². The van der Waals surface area contributed by atoms with Crippen molar-refractivity contribution >= 4 is 19.8 Å². The van der Waals surface area contributed by atoms with Gasteiger partial charge in [0.25, 0.3) is 0 Å². The summed E-state index contributed by atoms with van der Waals surface area (Å²) in [5, 5.41) is 8.84. The van der Waals surface area contributed by atoms with Crippen LogP contribution in [0.1, 0.15) is 181 Å². The van der Waals surface area contributed by atoms with Crippen molar-refractivity contribution in [3.05, 3.63) is 0 Å². The molecule has 10 nitrogen and oxygen atoms in total. The molecule has 0 saturated carbocycles. The second kappa shape index (κ2) is 33.5. The number of nitrogens with two attached hydrogens (primary N) is 1. The Balaban J connectivity index is 4.16. The van der Waals surface area contributed by atoms with E-state index in [1.165, 1.54) is 116 Å². The van der Waals surface area contributed by atoms with Crippen molar-refractivity contribution in [1.29, 1.82) is 0 Å². The minimum absolute atomic E-state index is 0.0245. The third-order valence-electron chi connectivity index (χ3n) is 8.39. The fourth-order valence-corrected chi connectivity index (χ4v) is 6.15. The molecule has 3 unspecified atom stereocenters. The summed E-state index contributed by atoms with van der Waals surface area (Å²) in [5.41, 5.74) is 5.33. The van der Waals surface area contributed by atoms with Gasteiger partial charge in [-0.2, -0.15) is 0 Å². The summed E-state index contributed by atoms with van der Waals surface area (Å²) in [4.78, 5) is 33.2. The van der Waals surface area contributed by atoms with Crippen LogP contribution in [0.2, 0.25) is 0 Å². The summed E-state index contributed by atoms with van der Waals surface area (Å²) in [6, 6.07) is -1.47. The van der Waals surface area contributed by atoms with Crippen molar-refractivity contribution in [2.45, 2.75) is 193 Å². The number of unbranched alkanes of at least 4 members (excludes halogenated alkanes) is 23. The number of carboxylic acids is 1. The molecule has 0 spiro atoms. The predicted molar refractivity (Wildman–Crippen MR) is 189 cm³/mol. The molecule has 0 heterocycles. The van der Waals surface area contributed by atoms with Crippen molar-refractivity contribution in [3.63, 3.8) is 0 Å². The van der Waals surface area contributed by atoms with Gasteiger partial charge < -0.3 is 25.2 Å². The second-order valence-electron chi connectivity index (χ2n) is 13.1. The van der Waals surface area contributed by atoms with Crippen molar-refractivity contribution in [2.75, 3.05) is 26.4 Å². The van der Waals surface area contributed by atoms with E-state index in [9.17, 15) is 19.0 Å². The molecule has 11 heteroatoms. The fourth-order valence-electron chi connectivity index (χ4n) is 5.37. The summed E-state index contributed by atoms with van der Waals surface area (Å²) in [7, 11) is -4.60. The Labute approximate surface area is 287 Å². The van der Waals surface area contributed by atoms with E-state index in [-0.39, 0.29) is 13.0 Å². The first-order valence-electron chi connectivity index (χ1n) is 19.1. The standard InChI is InChI=1S/C36H72NO9P/c1-3-5-7-9-11-13-14-15-16-17-18-19-20-21-23-25-27-29-43-30-33(31-44-47(41,42)45-32-34(37)36(39)40)46-35(38)28-26-24-22-12-10-8-6-4-2/h33-34H,3-32,37H2,1-2H3,(H,39,40)(H,41,42). The molecule has 3 atom stereocenters. The quantitative estimate of drug-likeness (QED) is 0.0325. The van der Waals surface area contributed by atoms with E-state index < -0.39 is 45.1 Å². The van der Waals surface area contributed by atoms with E-state index >= 15 is 0 Å². The minimum Gasteiger partial charge on any atom is -0.480 e. The van der Waals surface area contributed by atoms with Crippen LogP contribution in [0.4, 0.5) is 0 Å². The Morgan fingerprint density at radius 1 is 0.596 bits per heavy atom. The van der Waals surface area contributed by atoms with E-state index in [0.717, 1.165) is 44.9 Å². The Kier molecular flexibility index (Phi) is 32.7. The third-order valence-corrected chi connectivity index (χ3v) is 9.34. The van der Waals surface area contributed by atoms with E-state index in [1.807, 2.05) is 0 Å². The lowest BCUT2D eigenvalue weighted by Crippen LogP contribution is -2.34. The molecular formula is C36H72NO9P. The molecule has 0 saturated heterocycles. The number of phosphoric ester groups is 1. The molecule has 0 amide bonds. The van der Waals surface area contributed by atoms with Gasteiger partial charge in [-0.05, 0) is 12.8 Å². The van der Waals surface area contributed by atoms with E-state index in [4.69, 9.17) is 24.8 Å². The monoisotopic (exact) mass is 693 g/mol. The number of ether oxygens (including phenoxy) is 2. The van der Waals surface area contributed by atoms with Crippen LogP contribution in [0.25, 0.3) is 0 Å². The summed E-state index contributed by atoms with van der Waals surface area (Å²) in [6.07, 6.45) is 30.3. The van der Waals surface area contributed by atoms with Crippen LogP contribution in [-0.4, -0.2) is 60.5 Å². The maximum Gasteiger partial charge on any atom is 0.472 e. The Bertz CT molecular complexity index is 771. The number of hydrogen-bond donors (Lipinski definition) is 3. The van der Waals surface area contributed by atoms with E-state index in [0.29, 0.717) is 6.61 Å². The highest BCUT2D eigenvalue weighted by atomic mass is 31.2. The molecule has 0 bridgehead atoms. The van der Waals surface area contributed by atoms with Gasteiger partial charge in [0, 0.05) is 13.0 Å². The molecule has 0 aliphatic rings. The number of hydrogen-bond acceptors (Lipinski definition) is 8. The first-order chi connectivity index (χ1) is 22.7. The maximum atomic E-state index is 12.5. The lowest BCUT2D eigenvalue weighted by molar-refractivity contribution is -0.154. The number of carbonyl (C=O) groups is 2. The molecule has 0 aliphatic heterocycles. The molecule has 0 aromatic heterocycles. The summed E-state index contributed by atoms with van der Waals surface area (Å²) >= 11 is 0. The largest absolute Gasteiger partial charge is 0.480 e. The first kappa shape index (κ1) is 46.0. The number of carboxylic acid groups (broad SMARTS) is 1. The molecule has 4 N–H and O–H groups in total. The third kappa shape index (κ3) is 33.3. The van der Waals surface area contributed by atoms with Gasteiger partial charge in [0.15, 0.2) is 0 Å². The van der Waals surface area contributed by atoms with Crippen LogP contribution in [0.3, 0.4) is 0 Å². The van der Waals surface area contributed by atoms with Gasteiger partial charge in [0.2, 0.25) is 0 Å². The van der Waals surface area contributed by atoms with Gasteiger partial charge >= 0.3 is 19.8 Å². The van der Waals surface area contributed by atoms with Crippen LogP contribution in [0.5, 0.6) is 0 Å². The average molecular weight is 694 g/mol. The number of esters is 1. The zero-order valence-corrected chi connectivity index (χ0v) is 31.0. The highest BCUT2D eigenvalue weighted by Gasteiger charge is 2.27. The Hall–Kier alpha value is -1.03. The van der Waals surface area contributed by atoms with Gasteiger partial charge in [-0.25, -0.2) is 4.57 Å². The highest BCUT2D eigenvalue weighted by Crippen LogP contribution is 2.43. The van der Waals surface area contributed by atoms with Gasteiger partial charge in [0.05, 0.1) is 19.8 Å². The summed E-state index contributed by atoms with van der Waals surface area (Å²) in [6.45, 7) is 3.86. The van der Waals surface area contributed by atoms with Gasteiger partial charge in [-0.3, -0.25) is 18.6 Å². The van der Waals surface area contributed by atoms with Crippen LogP contribution in [0, 0.1) is 0 Å². The van der Waals surface area contributed by atoms with Crippen molar-refractivity contribution in [3.8, 4) is 0 Å². The smallest absolute Gasteiger partial charge is 0.472 e. The second-order valence-corrected chi connectivity index (χ2v) is 14.5. The number of phosphoric acid groups is 1. The molecule has 0 aliphatic carbocycles. The maximum absolute atomic E-state index is 12.5. The molecule has 0 aromatic rings. The van der Waals surface area contributed by atoms with Crippen molar-refractivity contribution in [2.24, 2.45) is 5.73 Å². The molecule has 0 fully saturated rings. The number of carbonyl (C=O) groups excluding carboxylic acids is 1. The summed E-state index contributed by atoms with van der Waals surface area (Å²) in [5.74, 6) is -1.77. The van der Waals surface area contributed by atoms with Crippen molar-refractivity contribution in [1.82, 2.24) is 0 Å². The van der Waals surface area contributed by atoms with Crippen LogP contribution in [-0.2, 0) is 32.7 Å². The van der Waals surface area contributed by atoms with E-state index in [2.05, 4.69) is 18.4 Å². The normalized spacial score (nSPS) is 14.1. The van der Waals surface area contributed by atoms with Gasteiger partial charge in [-0.15, -0.1) is 0 Å². The number of rotatable bonds is 37. The Morgan fingerprint density at radius 3 is 1.40 bits per heavy atom. The SMILES string of the molecule is CCCCCCCCCCCCCCCCCCCOCC(COP(=O)(O)OCC(N)C(=O)O)OC(=O)CCCCCCCCCC. The molecule has 0 aromatic carbocycles. The Morgan fingerprint density at radius 2 is 0.979 bits per heavy atom. The zero-order chi connectivity index (χ0) is 34.9. The van der Waals surface area contributed by atoms with E-state index in [1.54, 1.807) is 0 Å². The molecule has 0 rings (SSSR count). The van der Waals surface area contributed by atoms with Crippen LogP contribution >= 0.6 is 7.82 Å². The lowest BCUT2D eigenvalue weighted by atomic mass is 10.0. The minimum atomic E-state index is -4.60. The highest BCUT2D eigenvalue weighted by molar-refractivity contribution is 7.47. The molecule has 0 radical (unpaired) electrons. The molecule has 47 heavy (non-hydrogen) atoms. The fraction of sp³-hybridized carbons (Fsp3) is 0.944. The van der Waals surface area contributed by atoms with Gasteiger partial charge in [-0.1, -0.05) is 162 Å². The summed E-state index contributed by atoms with van der Waals surface area (Å²) < 4.78 is 33.1. The molecule has 280 valence electrons. The zero-order valence-electron chi connectivity index (χ0n) is 30.1. The van der Waals surface area contributed by atoms with Crippen LogP contribution < -0.4 is 5.73 Å². The lowest BCUT2D eigenvalue weighted by Gasteiger charge is -2.20. The van der Waals surface area contributed by atoms with Crippen LogP contribution in [0.15, 0.2) is 0 Å². The number of aliphatic carboxylic acids is 1. The van der Waals surface area contributed by atoms with Crippen molar-refractivity contribution < 1.29 is 42.7 Å². The topological polar surface area (TPSA) is 155 Å².